The number of halogens is 2. The van der Waals surface area contributed by atoms with Crippen molar-refractivity contribution in [1.29, 1.82) is 0 Å². The SMILES string of the molecule is O=C(Nc1ccc(Cl)cc1)Nc1ccccc1Cl. The van der Waals surface area contributed by atoms with E-state index in [4.69, 9.17) is 23.2 Å². The van der Waals surface area contributed by atoms with Crippen molar-refractivity contribution in [3.05, 3.63) is 58.6 Å². The number of rotatable bonds is 2. The highest BCUT2D eigenvalue weighted by Crippen LogP contribution is 2.20. The van der Waals surface area contributed by atoms with E-state index >= 15 is 0 Å². The third-order valence-electron chi connectivity index (χ3n) is 2.22. The number of anilines is 2. The van der Waals surface area contributed by atoms with E-state index in [2.05, 4.69) is 10.6 Å². The van der Waals surface area contributed by atoms with Crippen LogP contribution in [0.4, 0.5) is 16.2 Å². The van der Waals surface area contributed by atoms with Crippen molar-refractivity contribution >= 4 is 40.6 Å². The van der Waals surface area contributed by atoms with Gasteiger partial charge in [-0.1, -0.05) is 35.3 Å². The average Bonchev–Trinajstić information content (AvgIpc) is 2.35. The summed E-state index contributed by atoms with van der Waals surface area (Å²) in [5.74, 6) is 0. The number of nitrogens with one attached hydrogen (secondary N) is 2. The summed E-state index contributed by atoms with van der Waals surface area (Å²) in [5, 5.41) is 6.44. The van der Waals surface area contributed by atoms with Gasteiger partial charge in [0.25, 0.3) is 0 Å². The van der Waals surface area contributed by atoms with Crippen LogP contribution in [0.25, 0.3) is 0 Å². The number of hydrogen-bond acceptors (Lipinski definition) is 1. The van der Waals surface area contributed by atoms with Crippen molar-refractivity contribution in [2.75, 3.05) is 10.6 Å². The molecular weight excluding hydrogens is 271 g/mol. The molecular formula is C13H10Cl2N2O. The van der Waals surface area contributed by atoms with Crippen molar-refractivity contribution in [1.82, 2.24) is 0 Å². The van der Waals surface area contributed by atoms with E-state index in [9.17, 15) is 4.79 Å². The Bertz CT molecular complexity index is 555. The predicted molar refractivity (Wildman–Crippen MR) is 75.5 cm³/mol. The highest BCUT2D eigenvalue weighted by atomic mass is 35.5. The average molecular weight is 281 g/mol. The highest BCUT2D eigenvalue weighted by Gasteiger charge is 2.04. The minimum absolute atomic E-state index is 0.356. The quantitative estimate of drug-likeness (QED) is 0.827. The summed E-state index contributed by atoms with van der Waals surface area (Å²) in [6.07, 6.45) is 0. The van der Waals surface area contributed by atoms with Crippen LogP contribution in [0.15, 0.2) is 48.5 Å². The van der Waals surface area contributed by atoms with Crippen LogP contribution in [-0.4, -0.2) is 6.03 Å². The minimum Gasteiger partial charge on any atom is -0.308 e. The third-order valence-corrected chi connectivity index (χ3v) is 2.81. The van der Waals surface area contributed by atoms with Crippen LogP contribution in [0.2, 0.25) is 10.0 Å². The first-order valence-corrected chi connectivity index (χ1v) is 5.99. The Labute approximate surface area is 115 Å². The Balaban J connectivity index is 2.01. The maximum absolute atomic E-state index is 11.7. The molecule has 0 aliphatic carbocycles. The van der Waals surface area contributed by atoms with E-state index in [1.54, 1.807) is 48.5 Å². The van der Waals surface area contributed by atoms with E-state index in [0.29, 0.717) is 21.4 Å². The molecule has 0 aliphatic heterocycles. The molecule has 0 saturated heterocycles. The van der Waals surface area contributed by atoms with Crippen molar-refractivity contribution in [3.8, 4) is 0 Å². The molecule has 0 aromatic heterocycles. The monoisotopic (exact) mass is 280 g/mol. The summed E-state index contributed by atoms with van der Waals surface area (Å²) >= 11 is 11.7. The molecule has 2 aromatic rings. The molecule has 0 bridgehead atoms. The van der Waals surface area contributed by atoms with Crippen LogP contribution in [0.5, 0.6) is 0 Å². The van der Waals surface area contributed by atoms with Gasteiger partial charge in [-0.2, -0.15) is 0 Å². The lowest BCUT2D eigenvalue weighted by atomic mass is 10.3. The van der Waals surface area contributed by atoms with Crippen LogP contribution in [0.3, 0.4) is 0 Å². The van der Waals surface area contributed by atoms with Gasteiger partial charge in [0, 0.05) is 10.7 Å². The molecule has 2 aromatic carbocycles. The highest BCUT2D eigenvalue weighted by molar-refractivity contribution is 6.33. The summed E-state index contributed by atoms with van der Waals surface area (Å²) in [6.45, 7) is 0. The second-order valence-corrected chi connectivity index (χ2v) is 4.41. The van der Waals surface area contributed by atoms with Gasteiger partial charge in [0.1, 0.15) is 0 Å². The lowest BCUT2D eigenvalue weighted by Crippen LogP contribution is -2.19. The number of carbonyl (C=O) groups is 1. The predicted octanol–water partition coefficient (Wildman–Crippen LogP) is 4.64. The number of carbonyl (C=O) groups excluding carboxylic acids is 1. The molecule has 0 radical (unpaired) electrons. The first kappa shape index (κ1) is 12.7. The Morgan fingerprint density at radius 2 is 1.56 bits per heavy atom. The fourth-order valence-corrected chi connectivity index (χ4v) is 1.69. The fraction of sp³-hybridized carbons (Fsp3) is 0. The summed E-state index contributed by atoms with van der Waals surface area (Å²) in [5.41, 5.74) is 1.22. The molecule has 3 nitrogen and oxygen atoms in total. The van der Waals surface area contributed by atoms with Crippen molar-refractivity contribution in [2.45, 2.75) is 0 Å². The normalized spacial score (nSPS) is 9.89. The molecule has 0 saturated carbocycles. The van der Waals surface area contributed by atoms with Gasteiger partial charge in [0.15, 0.2) is 0 Å². The molecule has 18 heavy (non-hydrogen) atoms. The summed E-state index contributed by atoms with van der Waals surface area (Å²) in [4.78, 5) is 11.7. The molecule has 0 spiro atoms. The lowest BCUT2D eigenvalue weighted by Gasteiger charge is -2.08. The van der Waals surface area contributed by atoms with Gasteiger partial charge in [0.2, 0.25) is 0 Å². The zero-order valence-corrected chi connectivity index (χ0v) is 10.8. The van der Waals surface area contributed by atoms with Gasteiger partial charge >= 0.3 is 6.03 Å². The van der Waals surface area contributed by atoms with E-state index in [0.717, 1.165) is 0 Å². The third kappa shape index (κ3) is 3.39. The van der Waals surface area contributed by atoms with Gasteiger partial charge in [0.05, 0.1) is 10.7 Å². The summed E-state index contributed by atoms with van der Waals surface area (Å²) in [7, 11) is 0. The fourth-order valence-electron chi connectivity index (χ4n) is 1.38. The topological polar surface area (TPSA) is 41.1 Å². The molecule has 5 heteroatoms. The maximum Gasteiger partial charge on any atom is 0.323 e. The first-order chi connectivity index (χ1) is 8.65. The molecule has 2 amide bonds. The van der Waals surface area contributed by atoms with Gasteiger partial charge < -0.3 is 10.6 Å². The van der Waals surface area contributed by atoms with Crippen molar-refractivity contribution in [3.63, 3.8) is 0 Å². The van der Waals surface area contributed by atoms with Crippen LogP contribution in [0.1, 0.15) is 0 Å². The molecule has 0 heterocycles. The number of amides is 2. The van der Waals surface area contributed by atoms with E-state index in [1.807, 2.05) is 0 Å². The molecule has 2 N–H and O–H groups in total. The second-order valence-electron chi connectivity index (χ2n) is 3.57. The van der Waals surface area contributed by atoms with Crippen molar-refractivity contribution in [2.24, 2.45) is 0 Å². The van der Waals surface area contributed by atoms with Crippen LogP contribution in [-0.2, 0) is 0 Å². The van der Waals surface area contributed by atoms with E-state index in [-0.39, 0.29) is 6.03 Å². The number of para-hydroxylation sites is 1. The van der Waals surface area contributed by atoms with Crippen molar-refractivity contribution < 1.29 is 4.79 Å². The molecule has 0 fully saturated rings. The molecule has 0 aliphatic rings. The minimum atomic E-state index is -0.356. The Kier molecular flexibility index (Phi) is 4.07. The number of benzene rings is 2. The Hall–Kier alpha value is -1.71. The Morgan fingerprint density at radius 3 is 2.22 bits per heavy atom. The first-order valence-electron chi connectivity index (χ1n) is 5.23. The zero-order valence-electron chi connectivity index (χ0n) is 9.28. The lowest BCUT2D eigenvalue weighted by molar-refractivity contribution is 0.262. The molecule has 0 unspecified atom stereocenters. The number of hydrogen-bond donors (Lipinski definition) is 2. The summed E-state index contributed by atoms with van der Waals surface area (Å²) in [6, 6.07) is 13.5. The van der Waals surface area contributed by atoms with Crippen LogP contribution in [0, 0.1) is 0 Å². The van der Waals surface area contributed by atoms with E-state index in [1.165, 1.54) is 0 Å². The molecule has 0 atom stereocenters. The maximum atomic E-state index is 11.7. The molecule has 2 rings (SSSR count). The zero-order chi connectivity index (χ0) is 13.0. The van der Waals surface area contributed by atoms with Gasteiger partial charge in [-0.25, -0.2) is 4.79 Å². The van der Waals surface area contributed by atoms with E-state index < -0.39 is 0 Å². The van der Waals surface area contributed by atoms with Gasteiger partial charge in [-0.15, -0.1) is 0 Å². The standard InChI is InChI=1S/C13H10Cl2N2O/c14-9-5-7-10(8-6-9)16-13(18)17-12-4-2-1-3-11(12)15/h1-8H,(H2,16,17,18). The van der Waals surface area contributed by atoms with Gasteiger partial charge in [-0.3, -0.25) is 0 Å². The largest absolute Gasteiger partial charge is 0.323 e. The van der Waals surface area contributed by atoms with Gasteiger partial charge in [-0.05, 0) is 36.4 Å². The summed E-state index contributed by atoms with van der Waals surface area (Å²) < 4.78 is 0. The smallest absolute Gasteiger partial charge is 0.308 e. The molecule has 92 valence electrons. The second kappa shape index (κ2) is 5.76. The van der Waals surface area contributed by atoms with Crippen LogP contribution >= 0.6 is 23.2 Å². The Morgan fingerprint density at radius 1 is 0.889 bits per heavy atom. The van der Waals surface area contributed by atoms with Crippen LogP contribution < -0.4 is 10.6 Å². The number of urea groups is 1.